The maximum absolute atomic E-state index is 5.60. The average Bonchev–Trinajstić information content (AvgIpc) is 1.53. The van der Waals surface area contributed by atoms with E-state index in [0.29, 0.717) is 17.8 Å². The molecule has 12 heterocycles. The van der Waals surface area contributed by atoms with Crippen molar-refractivity contribution in [2.75, 3.05) is 0 Å². The van der Waals surface area contributed by atoms with Gasteiger partial charge in [-0.05, 0) is 110 Å². The normalized spacial score (nSPS) is 12.1. The third-order valence-corrected chi connectivity index (χ3v) is 36.1. The Morgan fingerprint density at radius 1 is 0.159 bits per heavy atom. The molecule has 15 heteroatoms. The van der Waals surface area contributed by atoms with Crippen molar-refractivity contribution in [1.82, 2.24) is 43.6 Å². The number of hydrogen-bond donors (Lipinski definition) is 0. The average molecular weight is 1950 g/mol. The molecule has 0 fully saturated rings. The zero-order valence-corrected chi connectivity index (χ0v) is 82.0. The van der Waals surface area contributed by atoms with Crippen molar-refractivity contribution in [3.8, 4) is 73.9 Å². The molecule has 21 aromatic carbocycles. The molecule has 0 atom stereocenters. The summed E-state index contributed by atoms with van der Waals surface area (Å²) in [6, 6.07) is 159. The molecule has 33 aromatic rings. The predicted octanol–water partition coefficient (Wildman–Crippen LogP) is 37.9. The van der Waals surface area contributed by atoms with Gasteiger partial charge >= 0.3 is 0 Å². The van der Waals surface area contributed by atoms with Gasteiger partial charge in [-0.25, -0.2) is 29.9 Å². The van der Waals surface area contributed by atoms with Crippen molar-refractivity contribution in [1.29, 1.82) is 0 Å². The van der Waals surface area contributed by atoms with Crippen molar-refractivity contribution >= 4 is 298 Å². The Kier molecular flexibility index (Phi) is 18.5. The smallest absolute Gasteiger partial charge is 0.236 e. The van der Waals surface area contributed by atoms with Gasteiger partial charge in [0.1, 0.15) is 14.5 Å². The first kappa shape index (κ1) is 82.4. The number of hydrogen-bond acceptors (Lipinski definition) is 12. The zero-order valence-electron chi connectivity index (χ0n) is 77.1. The van der Waals surface area contributed by atoms with E-state index in [1.54, 1.807) is 34.0 Å². The van der Waals surface area contributed by atoms with Crippen molar-refractivity contribution in [2.24, 2.45) is 0 Å². The van der Waals surface area contributed by atoms with E-state index in [1.807, 2.05) is 34.0 Å². The second-order valence-electron chi connectivity index (χ2n) is 37.1. The number of thiophene rings is 6. The monoisotopic (exact) mass is 1950 g/mol. The Morgan fingerprint density at radius 2 is 0.421 bits per heavy atom. The lowest BCUT2D eigenvalue weighted by Crippen LogP contribution is -2.03. The molecule has 0 radical (unpaired) electrons. The highest BCUT2D eigenvalue weighted by Crippen LogP contribution is 2.55. The third-order valence-electron chi connectivity index (χ3n) is 29.3. The number of aromatic nitrogens is 9. The molecule has 674 valence electrons. The molecule has 0 aliphatic heterocycles. The number of nitrogens with zero attached hydrogens (tertiary/aromatic N) is 9. The Hall–Kier alpha value is -17.4. The highest BCUT2D eigenvalue weighted by molar-refractivity contribution is 7.28. The van der Waals surface area contributed by atoms with E-state index in [1.165, 1.54) is 194 Å². The third kappa shape index (κ3) is 12.6. The molecule has 0 bridgehead atoms. The first-order valence-electron chi connectivity index (χ1n) is 48.6. The van der Waals surface area contributed by atoms with Crippen LogP contribution in [0.2, 0.25) is 0 Å². The minimum absolute atomic E-state index is 0.692. The van der Waals surface area contributed by atoms with E-state index in [9.17, 15) is 0 Å². The Bertz CT molecular complexity index is 11300. The fraction of sp³-hybridized carbons (Fsp3) is 0. The van der Waals surface area contributed by atoms with E-state index in [4.69, 9.17) is 29.9 Å². The first-order valence-corrected chi connectivity index (χ1v) is 53.5. The summed E-state index contributed by atoms with van der Waals surface area (Å²) in [5.74, 6) is 2.08. The fourth-order valence-electron chi connectivity index (χ4n) is 23.1. The van der Waals surface area contributed by atoms with Crippen molar-refractivity contribution in [3.05, 3.63) is 443 Å². The molecule has 9 nitrogen and oxygen atoms in total. The van der Waals surface area contributed by atoms with Crippen molar-refractivity contribution in [3.63, 3.8) is 0 Å². The van der Waals surface area contributed by atoms with Crippen molar-refractivity contribution < 1.29 is 0 Å². The standard InChI is InChI=1S/2C44H25N3S2.C42H23N3S2/c1-2-13-26(14-3-1)27-15-12-16-28(25-27)40-38-32-20-7-11-24-36(32)49-43(38)46-44(45-40)47-34-22-9-6-19-31(34)37-29-17-4-5-18-30(29)42-39(41(37)47)33-21-8-10-23-35(33)48-42;1-2-12-26(13-3-1)27-22-24-28(25-23-27)40-38-32-17-7-11-21-36(32)49-43(38)46-44(45-40)47-34-19-9-6-16-31(34)37-29-14-4-5-15-30(29)42-39(41(37)47)33-18-8-10-20-35(33)48-42;1-2-14-25-24(12-1)13-11-20-27(25)38-36-30-18-6-10-23-34(30)47-41(36)44-42(43-38)45-32-21-8-5-17-29(32)35-26-15-3-4-16-28(26)40-37(39(35)45)31-19-7-9-22-33(31)46-40/h2*1-25H;1-23H. The van der Waals surface area contributed by atoms with Gasteiger partial charge in [0.15, 0.2) is 0 Å². The van der Waals surface area contributed by atoms with Crippen LogP contribution in [-0.2, 0) is 0 Å². The summed E-state index contributed by atoms with van der Waals surface area (Å²) in [6.45, 7) is 0. The van der Waals surface area contributed by atoms with Gasteiger partial charge in [0.2, 0.25) is 17.8 Å². The highest BCUT2D eigenvalue weighted by Gasteiger charge is 2.31. The van der Waals surface area contributed by atoms with Crippen LogP contribution in [-0.4, -0.2) is 43.6 Å². The Balaban J connectivity index is 0.0000000990. The van der Waals surface area contributed by atoms with E-state index >= 15 is 0 Å². The Morgan fingerprint density at radius 3 is 0.821 bits per heavy atom. The van der Waals surface area contributed by atoms with Crippen LogP contribution in [0.15, 0.2) is 443 Å². The Labute approximate surface area is 850 Å². The van der Waals surface area contributed by atoms with Crippen LogP contribution in [0.25, 0.3) is 304 Å². The van der Waals surface area contributed by atoms with Crippen LogP contribution in [0.3, 0.4) is 0 Å². The van der Waals surface area contributed by atoms with E-state index < -0.39 is 0 Å². The van der Waals surface area contributed by atoms with Crippen LogP contribution in [0.5, 0.6) is 0 Å². The number of fused-ring (bicyclic) bond motifs is 40. The van der Waals surface area contributed by atoms with E-state index in [0.717, 1.165) is 92.0 Å². The zero-order chi connectivity index (χ0) is 94.7. The summed E-state index contributed by atoms with van der Waals surface area (Å²) in [5.41, 5.74) is 17.7. The second-order valence-corrected chi connectivity index (χ2v) is 43.4. The van der Waals surface area contributed by atoms with Gasteiger partial charge in [-0.3, -0.25) is 13.7 Å². The molecule has 145 heavy (non-hydrogen) atoms. The maximum atomic E-state index is 5.60. The topological polar surface area (TPSA) is 92.1 Å². The largest absolute Gasteiger partial charge is 0.277 e. The molecule has 0 N–H and O–H groups in total. The first-order chi connectivity index (χ1) is 72.0. The molecular formula is C130H73N9S6. The number of benzene rings is 21. The minimum Gasteiger partial charge on any atom is -0.277 e. The second kappa shape index (κ2) is 32.6. The van der Waals surface area contributed by atoms with Crippen molar-refractivity contribution in [2.45, 2.75) is 0 Å². The number of para-hydroxylation sites is 3. The van der Waals surface area contributed by atoms with Crippen LogP contribution in [0.4, 0.5) is 0 Å². The quantitative estimate of drug-likeness (QED) is 0.150. The molecule has 0 aliphatic rings. The molecule has 0 saturated carbocycles. The summed E-state index contributed by atoms with van der Waals surface area (Å²) >= 11 is 10.8. The van der Waals surface area contributed by atoms with Gasteiger partial charge in [0.25, 0.3) is 0 Å². The van der Waals surface area contributed by atoms with Gasteiger partial charge in [-0.15, -0.1) is 68.0 Å². The summed E-state index contributed by atoms with van der Waals surface area (Å²) < 4.78 is 18.4. The van der Waals surface area contributed by atoms with Gasteiger partial charge in [0, 0.05) is 172 Å². The molecule has 33 rings (SSSR count). The lowest BCUT2D eigenvalue weighted by Gasteiger charge is -2.13. The minimum atomic E-state index is 0.692. The maximum Gasteiger partial charge on any atom is 0.236 e. The fourth-order valence-corrected chi connectivity index (χ4v) is 30.0. The van der Waals surface area contributed by atoms with E-state index in [2.05, 4.69) is 457 Å². The van der Waals surface area contributed by atoms with Gasteiger partial charge < -0.3 is 0 Å². The summed E-state index contributed by atoms with van der Waals surface area (Å²) in [4.78, 5) is 36.0. The summed E-state index contributed by atoms with van der Waals surface area (Å²) in [7, 11) is 0. The lowest BCUT2D eigenvalue weighted by atomic mass is 9.99. The SMILES string of the molecule is c1ccc(-c2ccc(-c3nc(-n4c5ccccc5c5c6ccccc6c6sc7ccccc7c6c54)nc4sc5ccccc5c34)cc2)cc1.c1ccc(-c2cccc(-c3nc(-n4c5ccccc5c5c6ccccc6c6sc7ccccc7c6c54)nc4sc5ccccc5c34)c2)cc1.c1ccc2c(-c3nc(-n4c5ccccc5c5c6ccccc6c6sc7ccccc7c6c54)nc4sc5ccccc5c34)cccc2c1. The molecule has 0 saturated heterocycles. The van der Waals surface area contributed by atoms with Crippen LogP contribution in [0, 0.1) is 0 Å². The highest BCUT2D eigenvalue weighted by atomic mass is 32.1. The van der Waals surface area contributed by atoms with Gasteiger partial charge in [0.05, 0.1) is 50.2 Å². The van der Waals surface area contributed by atoms with E-state index in [-0.39, 0.29) is 0 Å². The van der Waals surface area contributed by atoms with Crippen LogP contribution >= 0.6 is 68.0 Å². The van der Waals surface area contributed by atoms with Gasteiger partial charge in [-0.2, -0.15) is 0 Å². The van der Waals surface area contributed by atoms with Gasteiger partial charge in [-0.1, -0.05) is 382 Å². The lowest BCUT2D eigenvalue weighted by molar-refractivity contribution is 1.02. The molecule has 0 unspecified atom stereocenters. The predicted molar refractivity (Wildman–Crippen MR) is 624 cm³/mol. The molecule has 0 aliphatic carbocycles. The van der Waals surface area contributed by atoms with Crippen LogP contribution in [0.1, 0.15) is 0 Å². The molecule has 12 aromatic heterocycles. The molecule has 0 spiro atoms. The molecular weight excluding hydrogens is 1880 g/mol. The number of rotatable bonds is 8. The van der Waals surface area contributed by atoms with Crippen LogP contribution < -0.4 is 0 Å². The molecule has 0 amide bonds. The summed E-state index contributed by atoms with van der Waals surface area (Å²) in [5, 5.41) is 31.9. The summed E-state index contributed by atoms with van der Waals surface area (Å²) in [6.07, 6.45) is 0.